The van der Waals surface area contributed by atoms with E-state index in [-0.39, 0.29) is 12.5 Å². The quantitative estimate of drug-likeness (QED) is 0.446. The van der Waals surface area contributed by atoms with E-state index < -0.39 is 6.10 Å². The van der Waals surface area contributed by atoms with E-state index in [9.17, 15) is 4.79 Å². The van der Waals surface area contributed by atoms with Crippen LogP contribution in [0.5, 0.6) is 11.5 Å². The Morgan fingerprint density at radius 3 is 2.71 bits per heavy atom. The van der Waals surface area contributed by atoms with Crippen LogP contribution >= 0.6 is 0 Å². The number of carbonyl (C=O) groups excluding carboxylic acids is 1. The number of methoxy groups -OCH3 is 1. The van der Waals surface area contributed by atoms with E-state index in [0.29, 0.717) is 23.2 Å². The molecular formula is C24H23N3O4. The van der Waals surface area contributed by atoms with Crippen LogP contribution in [0.25, 0.3) is 22.2 Å². The van der Waals surface area contributed by atoms with Crippen LogP contribution in [0.4, 0.5) is 0 Å². The maximum absolute atomic E-state index is 12.8. The van der Waals surface area contributed by atoms with E-state index in [2.05, 4.69) is 10.1 Å². The number of likely N-dealkylation sites (N-methyl/N-ethyl adjacent to an activating group) is 1. The van der Waals surface area contributed by atoms with Crippen molar-refractivity contribution in [1.82, 2.24) is 15.0 Å². The number of hydrogen-bond donors (Lipinski definition) is 0. The van der Waals surface area contributed by atoms with Gasteiger partial charge in [0.1, 0.15) is 11.5 Å². The van der Waals surface area contributed by atoms with E-state index in [4.69, 9.17) is 14.0 Å². The number of fused-ring (bicyclic) bond motifs is 1. The minimum absolute atomic E-state index is 0.180. The smallest absolute Gasteiger partial charge is 0.263 e. The first-order chi connectivity index (χ1) is 15.0. The first-order valence-corrected chi connectivity index (χ1v) is 9.91. The van der Waals surface area contributed by atoms with Crippen molar-refractivity contribution in [3.8, 4) is 22.9 Å². The Balaban J connectivity index is 1.43. The normalized spacial score (nSPS) is 11.8. The summed E-state index contributed by atoms with van der Waals surface area (Å²) in [5.41, 5.74) is 0.774. The highest BCUT2D eigenvalue weighted by atomic mass is 16.5. The molecule has 1 atom stereocenters. The third kappa shape index (κ3) is 4.50. The summed E-state index contributed by atoms with van der Waals surface area (Å²) in [6.45, 7) is 1.91. The van der Waals surface area contributed by atoms with Crippen molar-refractivity contribution >= 4 is 16.7 Å². The molecule has 0 aliphatic rings. The largest absolute Gasteiger partial charge is 0.497 e. The summed E-state index contributed by atoms with van der Waals surface area (Å²) in [5, 5.41) is 6.03. The second-order valence-corrected chi connectivity index (χ2v) is 7.18. The number of aromatic nitrogens is 2. The zero-order valence-corrected chi connectivity index (χ0v) is 17.6. The Hall–Kier alpha value is -3.87. The molecule has 0 saturated carbocycles. The van der Waals surface area contributed by atoms with Crippen LogP contribution in [0.15, 0.2) is 71.3 Å². The van der Waals surface area contributed by atoms with Gasteiger partial charge in [0.05, 0.1) is 13.7 Å². The summed E-state index contributed by atoms with van der Waals surface area (Å²) in [4.78, 5) is 18.7. The van der Waals surface area contributed by atoms with Crippen LogP contribution in [0.1, 0.15) is 12.8 Å². The van der Waals surface area contributed by atoms with Crippen LogP contribution in [-0.2, 0) is 11.3 Å². The first kappa shape index (κ1) is 20.4. The molecule has 0 aliphatic carbocycles. The molecule has 0 saturated heterocycles. The molecule has 7 heteroatoms. The summed E-state index contributed by atoms with van der Waals surface area (Å²) in [7, 11) is 3.28. The fourth-order valence-electron chi connectivity index (χ4n) is 3.33. The summed E-state index contributed by atoms with van der Waals surface area (Å²) in [6.07, 6.45) is -0.670. The lowest BCUT2D eigenvalue weighted by molar-refractivity contribution is -0.137. The number of rotatable bonds is 7. The van der Waals surface area contributed by atoms with Crippen LogP contribution in [0.2, 0.25) is 0 Å². The number of carbonyl (C=O) groups is 1. The second-order valence-electron chi connectivity index (χ2n) is 7.18. The molecule has 158 valence electrons. The standard InChI is InChI=1S/C24H23N3O4/c1-16(30-21-13-7-9-17-8-4-5-12-20(17)21)24(28)27(2)15-22-25-23(26-31-22)18-10-6-11-19(14-18)29-3/h4-14,16H,15H2,1-3H3. The lowest BCUT2D eigenvalue weighted by atomic mass is 10.1. The predicted octanol–water partition coefficient (Wildman–Crippen LogP) is 4.32. The average Bonchev–Trinajstić information content (AvgIpc) is 3.27. The third-order valence-electron chi connectivity index (χ3n) is 4.95. The van der Waals surface area contributed by atoms with E-state index in [1.54, 1.807) is 21.1 Å². The highest BCUT2D eigenvalue weighted by Crippen LogP contribution is 2.26. The lowest BCUT2D eigenvalue weighted by Crippen LogP contribution is -2.37. The fraction of sp³-hybridized carbons (Fsp3) is 0.208. The molecule has 3 aromatic carbocycles. The monoisotopic (exact) mass is 417 g/mol. The molecule has 0 radical (unpaired) electrons. The van der Waals surface area contributed by atoms with Gasteiger partial charge in [-0.25, -0.2) is 0 Å². The zero-order valence-electron chi connectivity index (χ0n) is 17.6. The number of nitrogens with zero attached hydrogens (tertiary/aromatic N) is 3. The van der Waals surface area contributed by atoms with Crippen LogP contribution in [0, 0.1) is 0 Å². The number of benzene rings is 3. The van der Waals surface area contributed by atoms with Gasteiger partial charge in [-0.15, -0.1) is 0 Å². The van der Waals surface area contributed by atoms with Gasteiger partial charge < -0.3 is 18.9 Å². The number of hydrogen-bond acceptors (Lipinski definition) is 6. The van der Waals surface area contributed by atoms with Crippen LogP contribution in [-0.4, -0.2) is 41.2 Å². The first-order valence-electron chi connectivity index (χ1n) is 9.91. The number of ether oxygens (including phenoxy) is 2. The van der Waals surface area contributed by atoms with Gasteiger partial charge in [-0.05, 0) is 30.5 Å². The molecule has 1 amide bonds. The Morgan fingerprint density at radius 2 is 1.87 bits per heavy atom. The zero-order chi connectivity index (χ0) is 21.8. The SMILES string of the molecule is COc1cccc(-c2noc(CN(C)C(=O)C(C)Oc3cccc4ccccc34)n2)c1. The van der Waals surface area contributed by atoms with Crippen molar-refractivity contribution in [2.45, 2.75) is 19.6 Å². The van der Waals surface area contributed by atoms with Gasteiger partial charge in [0.25, 0.3) is 5.91 Å². The van der Waals surface area contributed by atoms with Crippen molar-refractivity contribution < 1.29 is 18.8 Å². The molecule has 1 heterocycles. The van der Waals surface area contributed by atoms with Gasteiger partial charge in [-0.3, -0.25) is 4.79 Å². The molecule has 0 bridgehead atoms. The molecule has 0 fully saturated rings. The molecule has 7 nitrogen and oxygen atoms in total. The lowest BCUT2D eigenvalue weighted by Gasteiger charge is -2.21. The van der Waals surface area contributed by atoms with Gasteiger partial charge >= 0.3 is 0 Å². The highest BCUT2D eigenvalue weighted by Gasteiger charge is 2.22. The van der Waals surface area contributed by atoms with Gasteiger partial charge in [0, 0.05) is 18.0 Å². The molecule has 0 spiro atoms. The Morgan fingerprint density at radius 1 is 1.10 bits per heavy atom. The summed E-state index contributed by atoms with van der Waals surface area (Å²) in [5.74, 6) is 1.97. The molecular weight excluding hydrogens is 394 g/mol. The minimum Gasteiger partial charge on any atom is -0.497 e. The minimum atomic E-state index is -0.670. The van der Waals surface area contributed by atoms with E-state index >= 15 is 0 Å². The summed E-state index contributed by atoms with van der Waals surface area (Å²) in [6, 6.07) is 21.1. The van der Waals surface area contributed by atoms with Crippen LogP contribution in [0.3, 0.4) is 0 Å². The van der Waals surface area contributed by atoms with Crippen molar-refractivity contribution in [3.63, 3.8) is 0 Å². The predicted molar refractivity (Wildman–Crippen MR) is 117 cm³/mol. The average molecular weight is 417 g/mol. The number of amides is 1. The third-order valence-corrected chi connectivity index (χ3v) is 4.95. The molecule has 1 aromatic heterocycles. The maximum Gasteiger partial charge on any atom is 0.263 e. The van der Waals surface area contributed by atoms with Crippen molar-refractivity contribution in [2.24, 2.45) is 0 Å². The second kappa shape index (κ2) is 8.87. The Bertz CT molecular complexity index is 1200. The molecule has 1 unspecified atom stereocenters. The van der Waals surface area contributed by atoms with Crippen molar-refractivity contribution in [1.29, 1.82) is 0 Å². The molecule has 4 rings (SSSR count). The van der Waals surface area contributed by atoms with E-state index in [1.165, 1.54) is 4.90 Å². The van der Waals surface area contributed by atoms with Crippen molar-refractivity contribution in [2.75, 3.05) is 14.2 Å². The molecule has 31 heavy (non-hydrogen) atoms. The molecule has 0 N–H and O–H groups in total. The Kier molecular flexibility index (Phi) is 5.84. The summed E-state index contributed by atoms with van der Waals surface area (Å²) >= 11 is 0. The van der Waals surface area contributed by atoms with Gasteiger partial charge in [0.15, 0.2) is 6.10 Å². The van der Waals surface area contributed by atoms with Gasteiger partial charge in [-0.1, -0.05) is 53.7 Å². The topological polar surface area (TPSA) is 77.7 Å². The summed E-state index contributed by atoms with van der Waals surface area (Å²) < 4.78 is 16.5. The molecule has 0 aliphatic heterocycles. The van der Waals surface area contributed by atoms with Gasteiger partial charge in [-0.2, -0.15) is 4.98 Å². The van der Waals surface area contributed by atoms with E-state index in [1.807, 2.05) is 66.7 Å². The van der Waals surface area contributed by atoms with E-state index in [0.717, 1.165) is 16.3 Å². The van der Waals surface area contributed by atoms with Crippen molar-refractivity contribution in [3.05, 3.63) is 72.6 Å². The van der Waals surface area contributed by atoms with Crippen LogP contribution < -0.4 is 9.47 Å². The highest BCUT2D eigenvalue weighted by molar-refractivity contribution is 5.89. The Labute approximate surface area is 180 Å². The maximum atomic E-state index is 12.8. The van der Waals surface area contributed by atoms with Gasteiger partial charge in [0.2, 0.25) is 11.7 Å². The fourth-order valence-corrected chi connectivity index (χ4v) is 3.33. The molecule has 4 aromatic rings.